The van der Waals surface area contributed by atoms with Gasteiger partial charge in [-0.2, -0.15) is 18.4 Å². The van der Waals surface area contributed by atoms with E-state index in [1.165, 1.54) is 0 Å². The zero-order valence-electron chi connectivity index (χ0n) is 11.3. The summed E-state index contributed by atoms with van der Waals surface area (Å²) >= 11 is 0. The van der Waals surface area contributed by atoms with E-state index < -0.39 is 11.9 Å². The Morgan fingerprint density at radius 2 is 2.00 bits per heavy atom. The monoisotopic (exact) mass is 287 g/mol. The van der Waals surface area contributed by atoms with Crippen molar-refractivity contribution in [2.45, 2.75) is 26.4 Å². The number of nitrogens with zero attached hydrogens (tertiary/aromatic N) is 2. The minimum Gasteiger partial charge on any atom is -0.396 e. The number of halogens is 3. The topological polar surface area (TPSA) is 68.9 Å². The van der Waals surface area contributed by atoms with Crippen molar-refractivity contribution in [2.75, 3.05) is 18.5 Å². The molecule has 4 nitrogen and oxygen atoms in total. The van der Waals surface area contributed by atoms with Gasteiger partial charge in [-0.1, -0.05) is 13.8 Å². The summed E-state index contributed by atoms with van der Waals surface area (Å²) in [6, 6.07) is 3.68. The van der Waals surface area contributed by atoms with Gasteiger partial charge in [0.25, 0.3) is 0 Å². The number of aromatic nitrogens is 1. The zero-order valence-corrected chi connectivity index (χ0v) is 11.3. The van der Waals surface area contributed by atoms with Gasteiger partial charge in [0.1, 0.15) is 17.6 Å². The highest BCUT2D eigenvalue weighted by atomic mass is 19.4. The summed E-state index contributed by atoms with van der Waals surface area (Å²) in [4.78, 5) is 3.46. The van der Waals surface area contributed by atoms with Gasteiger partial charge in [0, 0.05) is 13.2 Å². The predicted molar refractivity (Wildman–Crippen MR) is 67.9 cm³/mol. The largest absolute Gasteiger partial charge is 0.433 e. The molecule has 110 valence electrons. The maximum atomic E-state index is 12.6. The number of pyridine rings is 1. The van der Waals surface area contributed by atoms with Crippen molar-refractivity contribution < 1.29 is 18.3 Å². The van der Waals surface area contributed by atoms with Crippen molar-refractivity contribution in [3.8, 4) is 6.07 Å². The molecule has 0 aliphatic carbocycles. The minimum absolute atomic E-state index is 0.0180. The third-order valence-electron chi connectivity index (χ3n) is 2.83. The van der Waals surface area contributed by atoms with Gasteiger partial charge in [-0.3, -0.25) is 0 Å². The Kier molecular flexibility index (Phi) is 4.95. The molecule has 0 aliphatic heterocycles. The molecule has 0 bridgehead atoms. The van der Waals surface area contributed by atoms with E-state index >= 15 is 0 Å². The van der Waals surface area contributed by atoms with Gasteiger partial charge in [0.15, 0.2) is 0 Å². The second-order valence-electron chi connectivity index (χ2n) is 5.19. The van der Waals surface area contributed by atoms with E-state index in [1.807, 2.05) is 13.8 Å². The number of nitrogens with one attached hydrogen (secondary N) is 1. The fraction of sp³-hybridized carbons (Fsp3) is 0.538. The lowest BCUT2D eigenvalue weighted by Gasteiger charge is -2.24. The van der Waals surface area contributed by atoms with Crippen LogP contribution < -0.4 is 5.32 Å². The van der Waals surface area contributed by atoms with Crippen molar-refractivity contribution >= 4 is 5.82 Å². The summed E-state index contributed by atoms with van der Waals surface area (Å²) in [6.45, 7) is 4.00. The molecule has 0 amide bonds. The van der Waals surface area contributed by atoms with Crippen LogP contribution in [-0.2, 0) is 6.18 Å². The second-order valence-corrected chi connectivity index (χ2v) is 5.19. The molecule has 0 aliphatic rings. The summed E-state index contributed by atoms with van der Waals surface area (Å²) in [6.07, 6.45) is -4.06. The third kappa shape index (κ3) is 4.38. The summed E-state index contributed by atoms with van der Waals surface area (Å²) in [5.74, 6) is -0.0895. The Bertz CT molecular complexity index is 507. The van der Waals surface area contributed by atoms with Crippen LogP contribution in [0.25, 0.3) is 0 Å². The lowest BCUT2D eigenvalue weighted by atomic mass is 9.90. The molecule has 0 saturated heterocycles. The number of aliphatic hydroxyl groups is 1. The van der Waals surface area contributed by atoms with Crippen LogP contribution in [0.3, 0.4) is 0 Å². The maximum absolute atomic E-state index is 12.6. The number of hydrogen-bond acceptors (Lipinski definition) is 4. The zero-order chi connectivity index (χ0) is 15.4. The third-order valence-corrected chi connectivity index (χ3v) is 2.83. The first-order valence-corrected chi connectivity index (χ1v) is 6.03. The Morgan fingerprint density at radius 1 is 1.35 bits per heavy atom. The van der Waals surface area contributed by atoms with Gasteiger partial charge in [-0.15, -0.1) is 0 Å². The molecule has 20 heavy (non-hydrogen) atoms. The van der Waals surface area contributed by atoms with Crippen LogP contribution in [0.15, 0.2) is 12.1 Å². The van der Waals surface area contributed by atoms with E-state index in [1.54, 1.807) is 6.07 Å². The van der Waals surface area contributed by atoms with E-state index in [9.17, 15) is 13.2 Å². The van der Waals surface area contributed by atoms with Crippen molar-refractivity contribution in [3.05, 3.63) is 23.4 Å². The molecule has 0 radical (unpaired) electrons. The molecule has 1 heterocycles. The van der Waals surface area contributed by atoms with Crippen molar-refractivity contribution in [1.82, 2.24) is 4.98 Å². The Labute approximate surface area is 115 Å². The van der Waals surface area contributed by atoms with Crippen molar-refractivity contribution in [2.24, 2.45) is 5.41 Å². The average Bonchev–Trinajstić information content (AvgIpc) is 2.35. The highest BCUT2D eigenvalue weighted by Crippen LogP contribution is 2.30. The lowest BCUT2D eigenvalue weighted by molar-refractivity contribution is -0.141. The van der Waals surface area contributed by atoms with Crippen LogP contribution in [0.5, 0.6) is 0 Å². The molecule has 1 aromatic rings. The standard InChI is InChI=1S/C13H16F3N3O/c1-12(2,5-6-20)8-18-11-9(7-17)3-4-10(19-11)13(14,15)16/h3-4,20H,5-6,8H2,1-2H3,(H,18,19). The molecule has 0 atom stereocenters. The van der Waals surface area contributed by atoms with Gasteiger partial charge < -0.3 is 10.4 Å². The predicted octanol–water partition coefficient (Wildman–Crippen LogP) is 2.79. The first-order valence-electron chi connectivity index (χ1n) is 6.03. The van der Waals surface area contributed by atoms with E-state index in [0.717, 1.165) is 12.1 Å². The molecule has 1 rings (SSSR count). The number of hydrogen-bond donors (Lipinski definition) is 2. The smallest absolute Gasteiger partial charge is 0.396 e. The van der Waals surface area contributed by atoms with Crippen LogP contribution >= 0.6 is 0 Å². The van der Waals surface area contributed by atoms with Gasteiger partial charge >= 0.3 is 6.18 Å². The summed E-state index contributed by atoms with van der Waals surface area (Å²) in [5.41, 5.74) is -1.31. The van der Waals surface area contributed by atoms with Gasteiger partial charge in [0.2, 0.25) is 0 Å². The fourth-order valence-corrected chi connectivity index (χ4v) is 1.56. The molecule has 7 heteroatoms. The molecular formula is C13H16F3N3O. The molecule has 0 saturated carbocycles. The second kappa shape index (κ2) is 6.09. The van der Waals surface area contributed by atoms with Crippen LogP contribution in [0.4, 0.5) is 19.0 Å². The molecule has 0 unspecified atom stereocenters. The van der Waals surface area contributed by atoms with E-state index in [4.69, 9.17) is 10.4 Å². The molecule has 0 fully saturated rings. The SMILES string of the molecule is CC(C)(CCO)CNc1nc(C(F)(F)F)ccc1C#N. The van der Waals surface area contributed by atoms with Gasteiger partial charge in [-0.05, 0) is 24.0 Å². The van der Waals surface area contributed by atoms with E-state index in [0.29, 0.717) is 13.0 Å². The Balaban J connectivity index is 2.96. The normalized spacial score (nSPS) is 12.1. The number of rotatable bonds is 5. The molecule has 0 spiro atoms. The number of anilines is 1. The Morgan fingerprint density at radius 3 is 2.50 bits per heavy atom. The van der Waals surface area contributed by atoms with E-state index in [-0.39, 0.29) is 23.4 Å². The number of nitriles is 1. The highest BCUT2D eigenvalue weighted by Gasteiger charge is 2.33. The van der Waals surface area contributed by atoms with Gasteiger partial charge in [-0.25, -0.2) is 4.98 Å². The van der Waals surface area contributed by atoms with E-state index in [2.05, 4.69) is 10.3 Å². The average molecular weight is 287 g/mol. The maximum Gasteiger partial charge on any atom is 0.433 e. The Hall–Kier alpha value is -1.81. The van der Waals surface area contributed by atoms with Crippen LogP contribution in [0.2, 0.25) is 0 Å². The number of alkyl halides is 3. The molecule has 1 aromatic heterocycles. The lowest BCUT2D eigenvalue weighted by Crippen LogP contribution is -2.25. The van der Waals surface area contributed by atoms with Crippen molar-refractivity contribution in [1.29, 1.82) is 5.26 Å². The number of aliphatic hydroxyl groups excluding tert-OH is 1. The van der Waals surface area contributed by atoms with Crippen LogP contribution in [0, 0.1) is 16.7 Å². The first kappa shape index (κ1) is 16.2. The van der Waals surface area contributed by atoms with Gasteiger partial charge in [0.05, 0.1) is 5.56 Å². The minimum atomic E-state index is -4.55. The molecular weight excluding hydrogens is 271 g/mol. The van der Waals surface area contributed by atoms with Crippen molar-refractivity contribution in [3.63, 3.8) is 0 Å². The summed E-state index contributed by atoms with van der Waals surface area (Å²) in [7, 11) is 0. The molecule has 0 aromatic carbocycles. The molecule has 2 N–H and O–H groups in total. The highest BCUT2D eigenvalue weighted by molar-refractivity contribution is 5.52. The van der Waals surface area contributed by atoms with Crippen LogP contribution in [-0.4, -0.2) is 23.2 Å². The van der Waals surface area contributed by atoms with Crippen LogP contribution in [0.1, 0.15) is 31.5 Å². The summed E-state index contributed by atoms with van der Waals surface area (Å²) < 4.78 is 37.8. The first-order chi connectivity index (χ1) is 9.19. The fourth-order valence-electron chi connectivity index (χ4n) is 1.56. The quantitative estimate of drug-likeness (QED) is 0.873. The summed E-state index contributed by atoms with van der Waals surface area (Å²) in [5, 5.41) is 20.6.